The van der Waals surface area contributed by atoms with Gasteiger partial charge in [-0.15, -0.1) is 0 Å². The van der Waals surface area contributed by atoms with Gasteiger partial charge in [-0.1, -0.05) is 109 Å². The fourth-order valence-electron chi connectivity index (χ4n) is 4.01. The van der Waals surface area contributed by atoms with E-state index < -0.39 is 8.03 Å². The van der Waals surface area contributed by atoms with Crippen LogP contribution in [0.25, 0.3) is 11.1 Å². The molecule has 0 saturated heterocycles. The van der Waals surface area contributed by atoms with E-state index in [9.17, 15) is 14.6 Å². The lowest BCUT2D eigenvalue weighted by Crippen LogP contribution is -2.10. The van der Waals surface area contributed by atoms with Crippen molar-refractivity contribution in [3.63, 3.8) is 0 Å². The van der Waals surface area contributed by atoms with Gasteiger partial charge in [-0.2, -0.15) is 0 Å². The van der Waals surface area contributed by atoms with Crippen LogP contribution in [0.15, 0.2) is 103 Å². The first-order chi connectivity index (χ1) is 17.1. The van der Waals surface area contributed by atoms with E-state index in [4.69, 9.17) is 0 Å². The first kappa shape index (κ1) is 26.3. The van der Waals surface area contributed by atoms with Gasteiger partial charge in [-0.25, -0.2) is 0 Å². The highest BCUT2D eigenvalue weighted by Gasteiger charge is 2.13. The lowest BCUT2D eigenvalue weighted by Gasteiger charge is -2.08. The highest BCUT2D eigenvalue weighted by molar-refractivity contribution is 7.46. The number of aromatic hydroxyl groups is 1. The summed E-state index contributed by atoms with van der Waals surface area (Å²) in [6, 6.07) is 33.7. The molecule has 4 aromatic rings. The predicted octanol–water partition coefficient (Wildman–Crippen LogP) is 6.99. The van der Waals surface area contributed by atoms with E-state index in [2.05, 4.69) is 61.5 Å². The van der Waals surface area contributed by atoms with Gasteiger partial charge in [0.1, 0.15) is 5.75 Å². The Balaban J connectivity index is 0.000000237. The van der Waals surface area contributed by atoms with Crippen LogP contribution in [0.5, 0.6) is 5.75 Å². The van der Waals surface area contributed by atoms with E-state index in [-0.39, 0.29) is 0 Å². The van der Waals surface area contributed by atoms with Crippen LogP contribution >= 0.6 is 8.03 Å². The summed E-state index contributed by atoms with van der Waals surface area (Å²) in [7, 11) is -2.54. The Morgan fingerprint density at radius 2 is 1.26 bits per heavy atom. The molecule has 0 spiro atoms. The highest BCUT2D eigenvalue weighted by Crippen LogP contribution is 2.22. The SMILES string of the molecule is CCCCc1cc(CCCc2ccccc2[P+](=O)[O-])ccc1O.c1ccc(-c2ccccc2)cc1. The standard InChI is InChI=1S/C19H23O3P.C12H10/c1-2-3-8-17-14-15(12-13-18(17)20)7-6-10-16-9-4-5-11-19(16)23(21)22;1-3-7-11(8-4-1)12-9-5-2-6-10-12/h4-5,9,11-14,20H,2-3,6-8,10H2,1H3;1-10H. The summed E-state index contributed by atoms with van der Waals surface area (Å²) >= 11 is 0. The second kappa shape index (κ2) is 14.2. The van der Waals surface area contributed by atoms with E-state index >= 15 is 0 Å². The molecule has 1 N–H and O–H groups in total. The van der Waals surface area contributed by atoms with Crippen LogP contribution in [-0.2, 0) is 23.8 Å². The van der Waals surface area contributed by atoms with Crippen molar-refractivity contribution in [1.82, 2.24) is 0 Å². The molecule has 0 bridgehead atoms. The molecule has 1 atom stereocenters. The van der Waals surface area contributed by atoms with E-state index in [1.54, 1.807) is 18.2 Å². The Kier molecular flexibility index (Phi) is 10.7. The minimum atomic E-state index is -2.54. The summed E-state index contributed by atoms with van der Waals surface area (Å²) in [5.41, 5.74) is 5.63. The molecule has 0 saturated carbocycles. The molecular weight excluding hydrogens is 451 g/mol. The molecule has 4 heteroatoms. The van der Waals surface area contributed by atoms with Gasteiger partial charge in [-0.3, -0.25) is 0 Å². The molecule has 1 unspecified atom stereocenters. The third kappa shape index (κ3) is 8.47. The lowest BCUT2D eigenvalue weighted by atomic mass is 9.99. The first-order valence-electron chi connectivity index (χ1n) is 12.2. The molecule has 180 valence electrons. The van der Waals surface area contributed by atoms with Crippen LogP contribution in [0.4, 0.5) is 0 Å². The molecule has 4 rings (SSSR count). The normalized spacial score (nSPS) is 10.9. The van der Waals surface area contributed by atoms with Gasteiger partial charge in [-0.05, 0) is 66.5 Å². The number of aryl methyl sites for hydroxylation is 3. The van der Waals surface area contributed by atoms with Gasteiger partial charge in [0.15, 0.2) is 5.30 Å². The number of phenols is 1. The Morgan fingerprint density at radius 1 is 0.686 bits per heavy atom. The molecule has 0 amide bonds. The Bertz CT molecular complexity index is 1150. The van der Waals surface area contributed by atoms with Crippen LogP contribution in [0, 0.1) is 0 Å². The fourth-order valence-corrected chi connectivity index (χ4v) is 4.63. The van der Waals surface area contributed by atoms with Crippen molar-refractivity contribution in [1.29, 1.82) is 0 Å². The van der Waals surface area contributed by atoms with E-state index in [0.29, 0.717) is 11.1 Å². The molecule has 0 heterocycles. The maximum atomic E-state index is 11.2. The zero-order chi connectivity index (χ0) is 24.9. The van der Waals surface area contributed by atoms with Gasteiger partial charge in [0.05, 0.1) is 0 Å². The van der Waals surface area contributed by atoms with Crippen LogP contribution < -0.4 is 10.2 Å². The van der Waals surface area contributed by atoms with Gasteiger partial charge in [0.25, 0.3) is 0 Å². The third-order valence-corrected chi connectivity index (χ3v) is 6.75. The molecule has 35 heavy (non-hydrogen) atoms. The van der Waals surface area contributed by atoms with E-state index in [0.717, 1.165) is 49.7 Å². The molecule has 0 radical (unpaired) electrons. The Hall–Kier alpha value is -3.26. The quantitative estimate of drug-likeness (QED) is 0.260. The molecule has 0 aliphatic carbocycles. The average molecular weight is 485 g/mol. The summed E-state index contributed by atoms with van der Waals surface area (Å²) in [6.07, 6.45) is 5.58. The molecular formula is C31H33O3P. The van der Waals surface area contributed by atoms with Crippen LogP contribution in [0.3, 0.4) is 0 Å². The van der Waals surface area contributed by atoms with Crippen molar-refractivity contribution >= 4 is 13.3 Å². The topological polar surface area (TPSA) is 60.4 Å². The van der Waals surface area contributed by atoms with Crippen molar-refractivity contribution in [2.24, 2.45) is 0 Å². The summed E-state index contributed by atoms with van der Waals surface area (Å²) in [5, 5.41) is 10.3. The van der Waals surface area contributed by atoms with E-state index in [1.807, 2.05) is 30.3 Å². The van der Waals surface area contributed by atoms with Gasteiger partial charge in [0.2, 0.25) is 0 Å². The monoisotopic (exact) mass is 484 g/mol. The zero-order valence-electron chi connectivity index (χ0n) is 20.3. The third-order valence-electron chi connectivity index (χ3n) is 5.92. The van der Waals surface area contributed by atoms with Crippen molar-refractivity contribution in [2.45, 2.75) is 45.4 Å². The summed E-state index contributed by atoms with van der Waals surface area (Å²) in [6.45, 7) is 2.14. The minimum absolute atomic E-state index is 0.371. The number of hydrogen-bond acceptors (Lipinski definition) is 3. The van der Waals surface area contributed by atoms with E-state index in [1.165, 1.54) is 16.7 Å². The van der Waals surface area contributed by atoms with Crippen LogP contribution in [0.1, 0.15) is 42.9 Å². The molecule has 0 aliphatic rings. The fraction of sp³-hybridized carbons (Fsp3) is 0.226. The van der Waals surface area contributed by atoms with Crippen molar-refractivity contribution in [2.75, 3.05) is 0 Å². The lowest BCUT2D eigenvalue weighted by molar-refractivity contribution is -0.160. The van der Waals surface area contributed by atoms with Crippen LogP contribution in [0.2, 0.25) is 0 Å². The largest absolute Gasteiger partial charge is 0.591 e. The molecule has 3 nitrogen and oxygen atoms in total. The van der Waals surface area contributed by atoms with Crippen molar-refractivity contribution in [3.8, 4) is 16.9 Å². The molecule has 0 aromatic heterocycles. The average Bonchev–Trinajstić information content (AvgIpc) is 2.90. The number of phenolic OH excluding ortho intramolecular Hbond substituents is 1. The van der Waals surface area contributed by atoms with Crippen molar-refractivity contribution < 1.29 is 14.6 Å². The summed E-state index contributed by atoms with van der Waals surface area (Å²) in [4.78, 5) is 11.2. The smallest absolute Gasteiger partial charge is 0.349 e. The van der Waals surface area contributed by atoms with Gasteiger partial charge < -0.3 is 10.00 Å². The number of rotatable bonds is 9. The summed E-state index contributed by atoms with van der Waals surface area (Å²) < 4.78 is 11.2. The number of hydrogen-bond donors (Lipinski definition) is 1. The second-order valence-corrected chi connectivity index (χ2v) is 9.53. The maximum Gasteiger partial charge on any atom is 0.349 e. The second-order valence-electron chi connectivity index (χ2n) is 8.54. The maximum absolute atomic E-state index is 11.2. The Morgan fingerprint density at radius 3 is 1.86 bits per heavy atom. The first-order valence-corrected chi connectivity index (χ1v) is 13.4. The van der Waals surface area contributed by atoms with Crippen molar-refractivity contribution in [3.05, 3.63) is 120 Å². The molecule has 0 fully saturated rings. The summed E-state index contributed by atoms with van der Waals surface area (Å²) in [5.74, 6) is 0.371. The van der Waals surface area contributed by atoms with Gasteiger partial charge >= 0.3 is 8.03 Å². The number of unbranched alkanes of at least 4 members (excludes halogenated alkanes) is 1. The highest BCUT2D eigenvalue weighted by atomic mass is 31.1. The predicted molar refractivity (Wildman–Crippen MR) is 144 cm³/mol. The molecule has 4 aromatic carbocycles. The zero-order valence-corrected chi connectivity index (χ0v) is 21.2. The number of benzene rings is 4. The van der Waals surface area contributed by atoms with Crippen LogP contribution in [-0.4, -0.2) is 5.11 Å². The Labute approximate surface area is 210 Å². The van der Waals surface area contributed by atoms with Gasteiger partial charge in [0, 0.05) is 5.56 Å². The molecule has 0 aliphatic heterocycles. The minimum Gasteiger partial charge on any atom is -0.591 e.